The first-order valence-electron chi connectivity index (χ1n) is 7.60. The van der Waals surface area contributed by atoms with Gasteiger partial charge in [-0.3, -0.25) is 4.79 Å². The van der Waals surface area contributed by atoms with Crippen molar-refractivity contribution in [3.8, 4) is 0 Å². The first kappa shape index (κ1) is 17.5. The van der Waals surface area contributed by atoms with Crippen LogP contribution in [0.3, 0.4) is 0 Å². The third kappa shape index (κ3) is 5.07. The molecule has 1 aromatic rings. The molecule has 1 saturated heterocycles. The molecule has 0 aliphatic carbocycles. The maximum atomic E-state index is 12.7. The van der Waals surface area contributed by atoms with Crippen LogP contribution in [0.15, 0.2) is 12.3 Å². The fourth-order valence-corrected chi connectivity index (χ4v) is 2.62. The number of halogens is 3. The standard InChI is InChI=1S/C15H20F3N3O2/c1-10(2)23-13(22)8-11-4-3-7-21(9-11)14-19-6-5-12(20-14)15(16,17)18/h5-6,10-11H,3-4,7-9H2,1-2H3/t11-/m0/s1. The molecule has 0 spiro atoms. The summed E-state index contributed by atoms with van der Waals surface area (Å²) in [5, 5.41) is 0. The Bertz CT molecular complexity index is 549. The lowest BCUT2D eigenvalue weighted by Crippen LogP contribution is -2.38. The van der Waals surface area contributed by atoms with Crippen molar-refractivity contribution in [1.29, 1.82) is 0 Å². The van der Waals surface area contributed by atoms with E-state index >= 15 is 0 Å². The average molecular weight is 331 g/mol. The van der Waals surface area contributed by atoms with Crippen molar-refractivity contribution in [1.82, 2.24) is 9.97 Å². The van der Waals surface area contributed by atoms with E-state index in [0.717, 1.165) is 25.1 Å². The van der Waals surface area contributed by atoms with E-state index in [1.807, 2.05) is 0 Å². The Balaban J connectivity index is 2.02. The number of ether oxygens (including phenoxy) is 1. The molecule has 0 aromatic carbocycles. The monoisotopic (exact) mass is 331 g/mol. The van der Waals surface area contributed by atoms with Crippen LogP contribution in [0, 0.1) is 5.92 Å². The Labute approximate surface area is 132 Å². The summed E-state index contributed by atoms with van der Waals surface area (Å²) < 4.78 is 43.3. The van der Waals surface area contributed by atoms with Gasteiger partial charge in [-0.1, -0.05) is 0 Å². The number of nitrogens with zero attached hydrogens (tertiary/aromatic N) is 3. The summed E-state index contributed by atoms with van der Waals surface area (Å²) in [7, 11) is 0. The average Bonchev–Trinajstić information content (AvgIpc) is 2.46. The van der Waals surface area contributed by atoms with Crippen molar-refractivity contribution in [2.24, 2.45) is 5.92 Å². The highest BCUT2D eigenvalue weighted by Crippen LogP contribution is 2.29. The molecule has 1 aliphatic rings. The predicted molar refractivity (Wildman–Crippen MR) is 77.8 cm³/mol. The first-order chi connectivity index (χ1) is 10.8. The minimum Gasteiger partial charge on any atom is -0.463 e. The van der Waals surface area contributed by atoms with Gasteiger partial charge in [0.15, 0.2) is 0 Å². The van der Waals surface area contributed by atoms with E-state index < -0.39 is 11.9 Å². The fourth-order valence-electron chi connectivity index (χ4n) is 2.62. The summed E-state index contributed by atoms with van der Waals surface area (Å²) in [6.07, 6.45) is -1.68. The molecule has 0 N–H and O–H groups in total. The van der Waals surface area contributed by atoms with Crippen molar-refractivity contribution in [3.63, 3.8) is 0 Å². The molecular formula is C15H20F3N3O2. The number of esters is 1. The normalized spacial score (nSPS) is 19.0. The van der Waals surface area contributed by atoms with Crippen LogP contribution in [0.25, 0.3) is 0 Å². The molecule has 1 aliphatic heterocycles. The molecular weight excluding hydrogens is 311 g/mol. The Morgan fingerprint density at radius 3 is 2.87 bits per heavy atom. The molecule has 0 bridgehead atoms. The summed E-state index contributed by atoms with van der Waals surface area (Å²) in [6.45, 7) is 4.59. The third-order valence-corrected chi connectivity index (χ3v) is 3.56. The van der Waals surface area contributed by atoms with E-state index in [1.54, 1.807) is 18.7 Å². The van der Waals surface area contributed by atoms with Gasteiger partial charge in [0.1, 0.15) is 5.69 Å². The van der Waals surface area contributed by atoms with Gasteiger partial charge in [0.05, 0.1) is 12.5 Å². The largest absolute Gasteiger partial charge is 0.463 e. The van der Waals surface area contributed by atoms with Gasteiger partial charge in [-0.05, 0) is 38.7 Å². The smallest absolute Gasteiger partial charge is 0.433 e. The lowest BCUT2D eigenvalue weighted by molar-refractivity contribution is -0.148. The van der Waals surface area contributed by atoms with Gasteiger partial charge in [0, 0.05) is 19.3 Å². The van der Waals surface area contributed by atoms with Crippen LogP contribution in [0.1, 0.15) is 38.8 Å². The second-order valence-corrected chi connectivity index (χ2v) is 5.94. The number of aromatic nitrogens is 2. The Morgan fingerprint density at radius 1 is 1.48 bits per heavy atom. The maximum absolute atomic E-state index is 12.7. The summed E-state index contributed by atoms with van der Waals surface area (Å²) in [6, 6.07) is 0.852. The fraction of sp³-hybridized carbons (Fsp3) is 0.667. The molecule has 8 heteroatoms. The Kier molecular flexibility index (Phi) is 5.43. The summed E-state index contributed by atoms with van der Waals surface area (Å²) in [4.78, 5) is 21.0. The van der Waals surface area contributed by atoms with Gasteiger partial charge in [-0.2, -0.15) is 13.2 Å². The number of hydrogen-bond donors (Lipinski definition) is 0. The molecule has 0 amide bonds. The summed E-state index contributed by atoms with van der Waals surface area (Å²) in [5.74, 6) is -0.188. The molecule has 2 heterocycles. The van der Waals surface area contributed by atoms with Gasteiger partial charge >= 0.3 is 12.1 Å². The van der Waals surface area contributed by atoms with Crippen molar-refractivity contribution in [2.75, 3.05) is 18.0 Å². The van der Waals surface area contributed by atoms with Gasteiger partial charge in [0.25, 0.3) is 0 Å². The highest BCUT2D eigenvalue weighted by atomic mass is 19.4. The molecule has 128 valence electrons. The minimum absolute atomic E-state index is 0.0353. The summed E-state index contributed by atoms with van der Waals surface area (Å²) >= 11 is 0. The SMILES string of the molecule is CC(C)OC(=O)C[C@@H]1CCCN(c2nccc(C(F)(F)F)n2)C1. The van der Waals surface area contributed by atoms with E-state index in [1.165, 1.54) is 0 Å². The van der Waals surface area contributed by atoms with Crippen LogP contribution in [0.5, 0.6) is 0 Å². The van der Waals surface area contributed by atoms with Crippen LogP contribution in [-0.2, 0) is 15.7 Å². The topological polar surface area (TPSA) is 55.3 Å². The zero-order valence-corrected chi connectivity index (χ0v) is 13.1. The number of piperidine rings is 1. The zero-order valence-electron chi connectivity index (χ0n) is 13.1. The first-order valence-corrected chi connectivity index (χ1v) is 7.60. The number of alkyl halides is 3. The van der Waals surface area contributed by atoms with E-state index in [0.29, 0.717) is 13.1 Å². The van der Waals surface area contributed by atoms with E-state index in [2.05, 4.69) is 9.97 Å². The molecule has 5 nitrogen and oxygen atoms in total. The van der Waals surface area contributed by atoms with E-state index in [4.69, 9.17) is 4.74 Å². The molecule has 0 radical (unpaired) electrons. The van der Waals surface area contributed by atoms with Crippen LogP contribution < -0.4 is 4.90 Å². The van der Waals surface area contributed by atoms with Crippen LogP contribution >= 0.6 is 0 Å². The molecule has 0 saturated carbocycles. The third-order valence-electron chi connectivity index (χ3n) is 3.56. The second-order valence-electron chi connectivity index (χ2n) is 5.94. The zero-order chi connectivity index (χ0) is 17.0. The van der Waals surface area contributed by atoms with Crippen LogP contribution in [0.4, 0.5) is 19.1 Å². The van der Waals surface area contributed by atoms with E-state index in [9.17, 15) is 18.0 Å². The Morgan fingerprint density at radius 2 is 2.22 bits per heavy atom. The lowest BCUT2D eigenvalue weighted by atomic mass is 9.95. The Hall–Kier alpha value is -1.86. The van der Waals surface area contributed by atoms with Crippen molar-refractivity contribution >= 4 is 11.9 Å². The van der Waals surface area contributed by atoms with Crippen molar-refractivity contribution in [2.45, 2.75) is 45.4 Å². The number of hydrogen-bond acceptors (Lipinski definition) is 5. The van der Waals surface area contributed by atoms with Crippen LogP contribution in [0.2, 0.25) is 0 Å². The molecule has 0 unspecified atom stereocenters. The van der Waals surface area contributed by atoms with Gasteiger partial charge in [0.2, 0.25) is 5.95 Å². The lowest BCUT2D eigenvalue weighted by Gasteiger charge is -2.32. The van der Waals surface area contributed by atoms with Crippen molar-refractivity contribution < 1.29 is 22.7 Å². The highest BCUT2D eigenvalue weighted by molar-refractivity contribution is 5.70. The van der Waals surface area contributed by atoms with Crippen molar-refractivity contribution in [3.05, 3.63) is 18.0 Å². The van der Waals surface area contributed by atoms with Gasteiger partial charge < -0.3 is 9.64 Å². The molecule has 1 atom stereocenters. The van der Waals surface area contributed by atoms with Gasteiger partial charge in [-0.15, -0.1) is 0 Å². The van der Waals surface area contributed by atoms with Gasteiger partial charge in [-0.25, -0.2) is 9.97 Å². The maximum Gasteiger partial charge on any atom is 0.433 e. The van der Waals surface area contributed by atoms with E-state index in [-0.39, 0.29) is 30.4 Å². The predicted octanol–water partition coefficient (Wildman–Crippen LogP) is 3.05. The highest BCUT2D eigenvalue weighted by Gasteiger charge is 2.34. The minimum atomic E-state index is -4.49. The molecule has 1 aromatic heterocycles. The molecule has 1 fully saturated rings. The number of carbonyl (C=O) groups excluding carboxylic acids is 1. The number of carbonyl (C=O) groups is 1. The quantitative estimate of drug-likeness (QED) is 0.794. The molecule has 2 rings (SSSR count). The summed E-state index contributed by atoms with van der Waals surface area (Å²) in [5.41, 5.74) is -0.955. The second kappa shape index (κ2) is 7.14. The number of anilines is 1. The molecule has 23 heavy (non-hydrogen) atoms. The number of rotatable bonds is 4. The van der Waals surface area contributed by atoms with Crippen LogP contribution in [-0.4, -0.2) is 35.1 Å².